The highest BCUT2D eigenvalue weighted by Crippen LogP contribution is 2.47. The summed E-state index contributed by atoms with van der Waals surface area (Å²) in [5, 5.41) is 19.8. The Kier molecular flexibility index (Phi) is 5.84. The minimum Gasteiger partial charge on any atom is -0.456 e. The molecule has 0 spiro atoms. The van der Waals surface area contributed by atoms with Crippen molar-refractivity contribution in [2.75, 3.05) is 0 Å². The molecule has 0 bridgehead atoms. The number of fused-ring (bicyclic) bond motifs is 14. The van der Waals surface area contributed by atoms with Gasteiger partial charge in [0.2, 0.25) is 0 Å². The van der Waals surface area contributed by atoms with Crippen molar-refractivity contribution in [3.8, 4) is 22.3 Å². The maximum Gasteiger partial charge on any atom is 0.136 e. The molecule has 0 saturated carbocycles. The Morgan fingerprint density at radius 3 is 1.40 bits per heavy atom. The smallest absolute Gasteiger partial charge is 0.136 e. The molecule has 1 heterocycles. The SMILES string of the molecule is c1ccc2cc(-c3c4ccccc4c(-c4ccc5c(c4)c4ccccc4c4cc6c(cc54)oc4ccc5ccccc5c46)c4ccccc34)ccc2c1. The normalized spacial score (nSPS) is 12.2. The van der Waals surface area contributed by atoms with Crippen LogP contribution in [0.2, 0.25) is 0 Å². The maximum atomic E-state index is 6.59. The first kappa shape index (κ1) is 28.7. The maximum absolute atomic E-state index is 6.59. The molecule has 12 aromatic rings. The predicted molar refractivity (Wildman–Crippen MR) is 227 cm³/mol. The number of furan rings is 1. The second-order valence-electron chi connectivity index (χ2n) is 14.4. The van der Waals surface area contributed by atoms with Crippen LogP contribution >= 0.6 is 0 Å². The summed E-state index contributed by atoms with van der Waals surface area (Å²) in [7, 11) is 0. The second kappa shape index (κ2) is 10.8. The van der Waals surface area contributed by atoms with E-state index in [0.717, 1.165) is 16.6 Å². The number of hydrogen-bond donors (Lipinski definition) is 0. The van der Waals surface area contributed by atoms with Gasteiger partial charge in [-0.3, -0.25) is 0 Å². The molecular formula is C52H30O. The fourth-order valence-corrected chi connectivity index (χ4v) is 9.24. The number of hydrogen-bond acceptors (Lipinski definition) is 1. The Hall–Kier alpha value is -6.96. The van der Waals surface area contributed by atoms with Crippen molar-refractivity contribution in [3.63, 3.8) is 0 Å². The Bertz CT molecular complexity index is 3450. The average molecular weight is 671 g/mol. The third kappa shape index (κ3) is 4.08. The summed E-state index contributed by atoms with van der Waals surface area (Å²) < 4.78 is 6.59. The lowest BCUT2D eigenvalue weighted by molar-refractivity contribution is 0.670. The van der Waals surface area contributed by atoms with Crippen LogP contribution in [0, 0.1) is 0 Å². The molecule has 244 valence electrons. The van der Waals surface area contributed by atoms with Gasteiger partial charge in [-0.1, -0.05) is 152 Å². The fourth-order valence-electron chi connectivity index (χ4n) is 9.24. The Morgan fingerprint density at radius 1 is 0.245 bits per heavy atom. The zero-order valence-corrected chi connectivity index (χ0v) is 28.7. The van der Waals surface area contributed by atoms with E-state index >= 15 is 0 Å². The van der Waals surface area contributed by atoms with Crippen LogP contribution in [-0.2, 0) is 0 Å². The summed E-state index contributed by atoms with van der Waals surface area (Å²) in [5.41, 5.74) is 6.86. The molecule has 53 heavy (non-hydrogen) atoms. The molecule has 0 amide bonds. The Labute approximate surface area is 304 Å². The predicted octanol–water partition coefficient (Wildman–Crippen LogP) is 15.0. The van der Waals surface area contributed by atoms with E-state index in [9.17, 15) is 0 Å². The van der Waals surface area contributed by atoms with Crippen molar-refractivity contribution >= 4 is 97.3 Å². The summed E-state index contributed by atoms with van der Waals surface area (Å²) in [5.74, 6) is 0. The lowest BCUT2D eigenvalue weighted by atomic mass is 9.84. The van der Waals surface area contributed by atoms with E-state index in [1.54, 1.807) is 0 Å². The van der Waals surface area contributed by atoms with Crippen LogP contribution in [0.1, 0.15) is 0 Å². The van der Waals surface area contributed by atoms with Gasteiger partial charge in [0.1, 0.15) is 11.2 Å². The summed E-state index contributed by atoms with van der Waals surface area (Å²) in [4.78, 5) is 0. The monoisotopic (exact) mass is 670 g/mol. The van der Waals surface area contributed by atoms with Crippen LogP contribution in [0.15, 0.2) is 186 Å². The molecule has 0 fully saturated rings. The first-order chi connectivity index (χ1) is 26.3. The van der Waals surface area contributed by atoms with Crippen LogP contribution in [-0.4, -0.2) is 0 Å². The zero-order chi connectivity index (χ0) is 34.6. The summed E-state index contributed by atoms with van der Waals surface area (Å²) in [6.45, 7) is 0. The molecule has 0 saturated heterocycles. The third-order valence-corrected chi connectivity index (χ3v) is 11.6. The first-order valence-electron chi connectivity index (χ1n) is 18.3. The lowest BCUT2D eigenvalue weighted by Crippen LogP contribution is -1.91. The van der Waals surface area contributed by atoms with Crippen molar-refractivity contribution in [3.05, 3.63) is 182 Å². The minimum absolute atomic E-state index is 0.922. The van der Waals surface area contributed by atoms with Gasteiger partial charge in [0.25, 0.3) is 0 Å². The molecule has 0 aliphatic rings. The van der Waals surface area contributed by atoms with Gasteiger partial charge in [-0.25, -0.2) is 0 Å². The minimum atomic E-state index is 0.922. The van der Waals surface area contributed by atoms with Gasteiger partial charge >= 0.3 is 0 Å². The third-order valence-electron chi connectivity index (χ3n) is 11.6. The molecule has 0 radical (unpaired) electrons. The van der Waals surface area contributed by atoms with Gasteiger partial charge in [0.05, 0.1) is 0 Å². The van der Waals surface area contributed by atoms with E-state index < -0.39 is 0 Å². The second-order valence-corrected chi connectivity index (χ2v) is 14.4. The number of benzene rings is 11. The summed E-state index contributed by atoms with van der Waals surface area (Å²) in [6, 6.07) is 66.9. The first-order valence-corrected chi connectivity index (χ1v) is 18.3. The van der Waals surface area contributed by atoms with Gasteiger partial charge in [-0.05, 0) is 128 Å². The van der Waals surface area contributed by atoms with Crippen LogP contribution in [0.3, 0.4) is 0 Å². The summed E-state index contributed by atoms with van der Waals surface area (Å²) in [6.07, 6.45) is 0. The average Bonchev–Trinajstić information content (AvgIpc) is 3.60. The molecule has 0 aliphatic heterocycles. The van der Waals surface area contributed by atoms with Gasteiger partial charge in [0, 0.05) is 10.8 Å². The van der Waals surface area contributed by atoms with E-state index in [1.807, 2.05) is 0 Å². The molecule has 0 N–H and O–H groups in total. The van der Waals surface area contributed by atoms with Crippen LogP contribution < -0.4 is 0 Å². The van der Waals surface area contributed by atoms with Gasteiger partial charge < -0.3 is 4.42 Å². The Balaban J connectivity index is 1.16. The molecule has 1 heteroatoms. The van der Waals surface area contributed by atoms with Crippen molar-refractivity contribution in [2.24, 2.45) is 0 Å². The number of rotatable bonds is 2. The van der Waals surface area contributed by atoms with Crippen molar-refractivity contribution in [1.29, 1.82) is 0 Å². The van der Waals surface area contributed by atoms with E-state index in [0.29, 0.717) is 0 Å². The zero-order valence-electron chi connectivity index (χ0n) is 28.7. The lowest BCUT2D eigenvalue weighted by Gasteiger charge is -2.19. The van der Waals surface area contributed by atoms with E-state index in [4.69, 9.17) is 4.42 Å². The Morgan fingerprint density at radius 2 is 0.717 bits per heavy atom. The topological polar surface area (TPSA) is 13.1 Å². The van der Waals surface area contributed by atoms with Crippen molar-refractivity contribution in [1.82, 2.24) is 0 Å². The van der Waals surface area contributed by atoms with E-state index in [2.05, 4.69) is 182 Å². The van der Waals surface area contributed by atoms with Gasteiger partial charge in [-0.15, -0.1) is 0 Å². The summed E-state index contributed by atoms with van der Waals surface area (Å²) >= 11 is 0. The molecule has 1 nitrogen and oxygen atoms in total. The quantitative estimate of drug-likeness (QED) is 0.132. The highest BCUT2D eigenvalue weighted by atomic mass is 16.3. The van der Waals surface area contributed by atoms with Crippen molar-refractivity contribution < 1.29 is 4.42 Å². The van der Waals surface area contributed by atoms with Crippen LogP contribution in [0.4, 0.5) is 0 Å². The standard InChI is InChI=1S/C52H30O/c1-2-13-33-27-34(22-21-31(33)11-1)50-40-17-7-9-19-42(40)51(43-20-10-8-18-41(43)50)35-23-25-39-44(28-35)37-15-5-6-16-38(37)45-29-47-49(30-46(39)45)53-48-26-24-32-12-3-4-14-36(32)52(47)48/h1-30H. The van der Waals surface area contributed by atoms with Gasteiger partial charge in [0.15, 0.2) is 0 Å². The molecule has 12 rings (SSSR count). The van der Waals surface area contributed by atoms with Crippen LogP contribution in [0.25, 0.3) is 120 Å². The van der Waals surface area contributed by atoms with Crippen LogP contribution in [0.5, 0.6) is 0 Å². The molecule has 11 aromatic carbocycles. The van der Waals surface area contributed by atoms with E-state index in [-0.39, 0.29) is 0 Å². The van der Waals surface area contributed by atoms with E-state index in [1.165, 1.54) is 103 Å². The largest absolute Gasteiger partial charge is 0.456 e. The highest BCUT2D eigenvalue weighted by Gasteiger charge is 2.19. The van der Waals surface area contributed by atoms with Gasteiger partial charge in [-0.2, -0.15) is 0 Å². The molecule has 0 unspecified atom stereocenters. The highest BCUT2D eigenvalue weighted by molar-refractivity contribution is 6.31. The molecule has 1 aromatic heterocycles. The molecular weight excluding hydrogens is 641 g/mol. The fraction of sp³-hybridized carbons (Fsp3) is 0. The van der Waals surface area contributed by atoms with Crippen molar-refractivity contribution in [2.45, 2.75) is 0 Å². The molecule has 0 atom stereocenters. The molecule has 0 aliphatic carbocycles.